The van der Waals surface area contributed by atoms with E-state index in [-0.39, 0.29) is 11.2 Å². The number of halogens is 1. The maximum atomic E-state index is 6.04. The molecule has 0 bridgehead atoms. The van der Waals surface area contributed by atoms with Crippen LogP contribution in [-0.2, 0) is 15.9 Å². The Morgan fingerprint density at radius 2 is 1.57 bits per heavy atom. The van der Waals surface area contributed by atoms with Gasteiger partial charge in [0.2, 0.25) is 0 Å². The first-order valence-corrected chi connectivity index (χ1v) is 5.63. The Hall–Kier alpha value is -0.340. The Bertz CT molecular complexity index is 380. The van der Waals surface area contributed by atoms with Crippen LogP contribution >= 0.6 is 15.9 Å². The molecule has 1 nitrogen and oxygen atoms in total. The van der Waals surface area contributed by atoms with Gasteiger partial charge in [-0.3, -0.25) is 0 Å². The molecule has 1 heterocycles. The van der Waals surface area contributed by atoms with Crippen LogP contribution in [0.2, 0.25) is 0 Å². The van der Waals surface area contributed by atoms with Gasteiger partial charge in [0.15, 0.2) is 0 Å². The maximum Gasteiger partial charge on any atom is 0.0891 e. The van der Waals surface area contributed by atoms with Gasteiger partial charge < -0.3 is 4.74 Å². The van der Waals surface area contributed by atoms with Crippen molar-refractivity contribution in [1.29, 1.82) is 0 Å². The third kappa shape index (κ3) is 1.41. The van der Waals surface area contributed by atoms with E-state index in [9.17, 15) is 0 Å². The van der Waals surface area contributed by atoms with Gasteiger partial charge in [-0.1, -0.05) is 22.0 Å². The summed E-state index contributed by atoms with van der Waals surface area (Å²) in [7, 11) is 0. The zero-order valence-corrected chi connectivity index (χ0v) is 10.6. The minimum atomic E-state index is -0.178. The summed E-state index contributed by atoms with van der Waals surface area (Å²) in [6, 6.07) is 6.38. The van der Waals surface area contributed by atoms with E-state index in [2.05, 4.69) is 61.8 Å². The minimum absolute atomic E-state index is 0.167. The van der Waals surface area contributed by atoms with Gasteiger partial charge in [0.05, 0.1) is 11.2 Å². The molecule has 1 aliphatic heterocycles. The molecule has 0 amide bonds. The molecule has 2 heteroatoms. The van der Waals surface area contributed by atoms with Crippen molar-refractivity contribution in [3.05, 3.63) is 33.8 Å². The number of hydrogen-bond donors (Lipinski definition) is 0. The second-order valence-electron chi connectivity index (χ2n) is 4.81. The molecule has 1 aliphatic rings. The van der Waals surface area contributed by atoms with E-state index in [1.165, 1.54) is 11.1 Å². The van der Waals surface area contributed by atoms with Crippen molar-refractivity contribution < 1.29 is 4.74 Å². The second kappa shape index (κ2) is 2.83. The topological polar surface area (TPSA) is 9.23 Å². The lowest BCUT2D eigenvalue weighted by molar-refractivity contribution is -0.105. The highest BCUT2D eigenvalue weighted by Gasteiger charge is 2.42. The summed E-state index contributed by atoms with van der Waals surface area (Å²) in [5, 5.41) is 0. The summed E-state index contributed by atoms with van der Waals surface area (Å²) < 4.78 is 7.16. The molecule has 2 rings (SSSR count). The fourth-order valence-corrected chi connectivity index (χ4v) is 2.65. The first-order valence-electron chi connectivity index (χ1n) is 4.84. The second-order valence-corrected chi connectivity index (χ2v) is 5.73. The highest BCUT2D eigenvalue weighted by atomic mass is 79.9. The van der Waals surface area contributed by atoms with Crippen LogP contribution in [-0.4, -0.2) is 0 Å². The number of benzene rings is 1. The smallest absolute Gasteiger partial charge is 0.0891 e. The van der Waals surface area contributed by atoms with Crippen LogP contribution in [0.15, 0.2) is 22.7 Å². The van der Waals surface area contributed by atoms with Crippen LogP contribution in [0.4, 0.5) is 0 Å². The van der Waals surface area contributed by atoms with Crippen LogP contribution in [0, 0.1) is 0 Å². The van der Waals surface area contributed by atoms with Crippen LogP contribution in [0.3, 0.4) is 0 Å². The first kappa shape index (κ1) is 10.2. The average molecular weight is 255 g/mol. The molecule has 1 aromatic rings. The number of ether oxygens (including phenoxy) is 1. The van der Waals surface area contributed by atoms with E-state index < -0.39 is 0 Å². The van der Waals surface area contributed by atoms with Gasteiger partial charge in [0.25, 0.3) is 0 Å². The molecular formula is C12H15BrO. The molecule has 0 saturated heterocycles. The summed E-state index contributed by atoms with van der Waals surface area (Å²) in [4.78, 5) is 0. The molecule has 76 valence electrons. The highest BCUT2D eigenvalue weighted by Crippen LogP contribution is 2.47. The van der Waals surface area contributed by atoms with E-state index in [1.54, 1.807) is 0 Å². The quantitative estimate of drug-likeness (QED) is 0.682. The molecule has 14 heavy (non-hydrogen) atoms. The Morgan fingerprint density at radius 1 is 1.00 bits per heavy atom. The predicted octanol–water partition coefficient (Wildman–Crippen LogP) is 3.95. The van der Waals surface area contributed by atoms with Crippen molar-refractivity contribution >= 4 is 15.9 Å². The Balaban J connectivity index is 2.66. The summed E-state index contributed by atoms with van der Waals surface area (Å²) in [5.74, 6) is 0. The third-order valence-electron chi connectivity index (χ3n) is 2.79. The van der Waals surface area contributed by atoms with E-state index in [1.807, 2.05) is 0 Å². The van der Waals surface area contributed by atoms with Gasteiger partial charge in [-0.25, -0.2) is 0 Å². The van der Waals surface area contributed by atoms with Crippen molar-refractivity contribution in [2.75, 3.05) is 0 Å². The average Bonchev–Trinajstić information content (AvgIpc) is 2.17. The molecule has 0 N–H and O–H groups in total. The zero-order chi connectivity index (χ0) is 10.6. The fourth-order valence-electron chi connectivity index (χ4n) is 2.29. The van der Waals surface area contributed by atoms with Gasteiger partial charge in [0, 0.05) is 4.47 Å². The minimum Gasteiger partial charge on any atom is -0.360 e. The van der Waals surface area contributed by atoms with E-state index in [0.717, 1.165) is 4.47 Å². The Kier molecular flexibility index (Phi) is 2.06. The SMILES string of the molecule is CC1(C)OC(C)(C)c2cc(Br)ccc21. The van der Waals surface area contributed by atoms with Crippen molar-refractivity contribution in [1.82, 2.24) is 0 Å². The van der Waals surface area contributed by atoms with Gasteiger partial charge in [-0.15, -0.1) is 0 Å². The number of hydrogen-bond acceptors (Lipinski definition) is 1. The Labute approximate surface area is 93.6 Å². The lowest BCUT2D eigenvalue weighted by Crippen LogP contribution is -2.22. The molecule has 0 fully saturated rings. The summed E-state index contributed by atoms with van der Waals surface area (Å²) in [6.45, 7) is 8.48. The molecule has 0 atom stereocenters. The van der Waals surface area contributed by atoms with E-state index in [0.29, 0.717) is 0 Å². The molecular weight excluding hydrogens is 240 g/mol. The molecule has 0 unspecified atom stereocenters. The van der Waals surface area contributed by atoms with Gasteiger partial charge >= 0.3 is 0 Å². The maximum absolute atomic E-state index is 6.04. The van der Waals surface area contributed by atoms with Crippen LogP contribution < -0.4 is 0 Å². The van der Waals surface area contributed by atoms with Crippen molar-refractivity contribution in [2.24, 2.45) is 0 Å². The van der Waals surface area contributed by atoms with Crippen molar-refractivity contribution in [2.45, 2.75) is 38.9 Å². The molecule has 0 radical (unpaired) electrons. The standard InChI is InChI=1S/C12H15BrO/c1-11(2)9-6-5-8(13)7-10(9)12(3,4)14-11/h5-7H,1-4H3. The van der Waals surface area contributed by atoms with Gasteiger partial charge in [-0.05, 0) is 51.0 Å². The molecule has 0 saturated carbocycles. The van der Waals surface area contributed by atoms with Crippen molar-refractivity contribution in [3.63, 3.8) is 0 Å². The normalized spacial score (nSPS) is 22.1. The highest BCUT2D eigenvalue weighted by molar-refractivity contribution is 9.10. The summed E-state index contributed by atoms with van der Waals surface area (Å²) in [5.41, 5.74) is 2.24. The lowest BCUT2D eigenvalue weighted by atomic mass is 9.91. The van der Waals surface area contributed by atoms with Gasteiger partial charge in [0.1, 0.15) is 0 Å². The van der Waals surface area contributed by atoms with Crippen LogP contribution in [0.25, 0.3) is 0 Å². The Morgan fingerprint density at radius 3 is 2.21 bits per heavy atom. The van der Waals surface area contributed by atoms with Crippen LogP contribution in [0.5, 0.6) is 0 Å². The van der Waals surface area contributed by atoms with E-state index >= 15 is 0 Å². The molecule has 1 aromatic carbocycles. The molecule has 0 spiro atoms. The van der Waals surface area contributed by atoms with Crippen LogP contribution in [0.1, 0.15) is 38.8 Å². The zero-order valence-electron chi connectivity index (χ0n) is 9.02. The number of rotatable bonds is 0. The largest absolute Gasteiger partial charge is 0.360 e. The van der Waals surface area contributed by atoms with Gasteiger partial charge in [-0.2, -0.15) is 0 Å². The van der Waals surface area contributed by atoms with Crippen molar-refractivity contribution in [3.8, 4) is 0 Å². The molecule has 0 aromatic heterocycles. The first-order chi connectivity index (χ1) is 6.33. The number of fused-ring (bicyclic) bond motifs is 1. The monoisotopic (exact) mass is 254 g/mol. The summed E-state index contributed by atoms with van der Waals surface area (Å²) >= 11 is 3.50. The fraction of sp³-hybridized carbons (Fsp3) is 0.500. The van der Waals surface area contributed by atoms with E-state index in [4.69, 9.17) is 4.74 Å². The third-order valence-corrected chi connectivity index (χ3v) is 3.28. The summed E-state index contributed by atoms with van der Waals surface area (Å²) in [6.07, 6.45) is 0. The lowest BCUT2D eigenvalue weighted by Gasteiger charge is -2.24. The predicted molar refractivity (Wildman–Crippen MR) is 61.3 cm³/mol. The molecule has 0 aliphatic carbocycles.